The van der Waals surface area contributed by atoms with Crippen molar-refractivity contribution >= 4 is 0 Å². The number of hydrogen-bond donors (Lipinski definition) is 0. The summed E-state index contributed by atoms with van der Waals surface area (Å²) in [5, 5.41) is 0. The van der Waals surface area contributed by atoms with Gasteiger partial charge in [0.05, 0.1) is 11.4 Å². The third-order valence-corrected chi connectivity index (χ3v) is 4.87. The van der Waals surface area contributed by atoms with Gasteiger partial charge in [0, 0.05) is 17.3 Å². The van der Waals surface area contributed by atoms with Crippen molar-refractivity contribution in [3.63, 3.8) is 0 Å². The zero-order valence-electron chi connectivity index (χ0n) is 15.5. The van der Waals surface area contributed by atoms with E-state index in [1.165, 1.54) is 5.56 Å². The molecular weight excluding hydrogens is 330 g/mol. The van der Waals surface area contributed by atoms with E-state index in [9.17, 15) is 4.79 Å². The van der Waals surface area contributed by atoms with Crippen LogP contribution in [0.25, 0.3) is 28.2 Å². The topological polar surface area (TPSA) is 22.0 Å². The molecule has 0 unspecified atom stereocenters. The smallest absolute Gasteiger partial charge is 0.185 e. The van der Waals surface area contributed by atoms with E-state index < -0.39 is 0 Å². The summed E-state index contributed by atoms with van der Waals surface area (Å²) in [5.41, 5.74) is 6.93. The molecule has 4 rings (SSSR count). The fraction of sp³-hybridized carbons (Fsp3) is 0.0800. The lowest BCUT2D eigenvalue weighted by Gasteiger charge is -2.21. The van der Waals surface area contributed by atoms with Crippen molar-refractivity contribution in [3.05, 3.63) is 112 Å². The van der Waals surface area contributed by atoms with E-state index in [1.807, 2.05) is 55.5 Å². The molecule has 0 aliphatic heterocycles. The average Bonchev–Trinajstić information content (AvgIpc) is 2.72. The van der Waals surface area contributed by atoms with Crippen molar-refractivity contribution in [3.8, 4) is 28.2 Å². The fourth-order valence-corrected chi connectivity index (χ4v) is 3.43. The molecule has 27 heavy (non-hydrogen) atoms. The van der Waals surface area contributed by atoms with Crippen LogP contribution in [0.2, 0.25) is 0 Å². The monoisotopic (exact) mass is 351 g/mol. The van der Waals surface area contributed by atoms with Crippen LogP contribution in [-0.4, -0.2) is 4.57 Å². The highest BCUT2D eigenvalue weighted by molar-refractivity contribution is 5.73. The van der Waals surface area contributed by atoms with Crippen molar-refractivity contribution in [2.45, 2.75) is 13.8 Å². The number of aryl methyl sites for hydroxylation is 1. The maximum atomic E-state index is 12.8. The Bertz CT molecular complexity index is 1120. The van der Waals surface area contributed by atoms with Gasteiger partial charge in [-0.2, -0.15) is 0 Å². The van der Waals surface area contributed by atoms with Crippen molar-refractivity contribution in [2.24, 2.45) is 0 Å². The molecular formula is C25H21NO. The molecule has 3 aromatic carbocycles. The first kappa shape index (κ1) is 17.0. The van der Waals surface area contributed by atoms with E-state index in [1.54, 1.807) is 6.07 Å². The van der Waals surface area contributed by atoms with Gasteiger partial charge in [-0.05, 0) is 37.1 Å². The summed E-state index contributed by atoms with van der Waals surface area (Å²) >= 11 is 0. The Labute approximate surface area is 159 Å². The maximum Gasteiger partial charge on any atom is 0.185 e. The lowest BCUT2D eigenvalue weighted by molar-refractivity contribution is 1.04. The summed E-state index contributed by atoms with van der Waals surface area (Å²) in [6.07, 6.45) is 0. The molecule has 132 valence electrons. The van der Waals surface area contributed by atoms with Crippen LogP contribution in [0.3, 0.4) is 0 Å². The average molecular weight is 351 g/mol. The van der Waals surface area contributed by atoms with Crippen LogP contribution in [-0.2, 0) is 0 Å². The first-order chi connectivity index (χ1) is 13.1. The maximum absolute atomic E-state index is 12.8. The van der Waals surface area contributed by atoms with Crippen LogP contribution in [0.1, 0.15) is 11.1 Å². The highest BCUT2D eigenvalue weighted by Crippen LogP contribution is 2.31. The van der Waals surface area contributed by atoms with Crippen molar-refractivity contribution < 1.29 is 0 Å². The van der Waals surface area contributed by atoms with Crippen LogP contribution in [0.15, 0.2) is 95.8 Å². The number of para-hydroxylation sites is 1. The van der Waals surface area contributed by atoms with Gasteiger partial charge in [-0.3, -0.25) is 4.79 Å². The molecule has 0 fully saturated rings. The lowest BCUT2D eigenvalue weighted by atomic mass is 10.0. The SMILES string of the molecule is Cc1ccc(-c2c(C)c(=O)cc(-c3ccccc3)n2-c2ccccc2)cc1. The molecule has 2 nitrogen and oxygen atoms in total. The van der Waals surface area contributed by atoms with Gasteiger partial charge in [0.1, 0.15) is 0 Å². The third kappa shape index (κ3) is 3.22. The highest BCUT2D eigenvalue weighted by Gasteiger charge is 2.17. The molecule has 4 aromatic rings. The van der Waals surface area contributed by atoms with Gasteiger partial charge in [-0.1, -0.05) is 78.4 Å². The second kappa shape index (κ2) is 7.08. The first-order valence-corrected chi connectivity index (χ1v) is 9.10. The van der Waals surface area contributed by atoms with Gasteiger partial charge in [0.25, 0.3) is 0 Å². The molecule has 0 radical (unpaired) electrons. The zero-order valence-corrected chi connectivity index (χ0v) is 15.5. The van der Waals surface area contributed by atoms with E-state index in [4.69, 9.17) is 0 Å². The van der Waals surface area contributed by atoms with Gasteiger partial charge in [0.2, 0.25) is 0 Å². The summed E-state index contributed by atoms with van der Waals surface area (Å²) in [7, 11) is 0. The van der Waals surface area contributed by atoms with Gasteiger partial charge in [0.15, 0.2) is 5.43 Å². The van der Waals surface area contributed by atoms with E-state index in [-0.39, 0.29) is 5.43 Å². The molecule has 0 bridgehead atoms. The number of rotatable bonds is 3. The molecule has 0 aliphatic rings. The van der Waals surface area contributed by atoms with Crippen LogP contribution in [0.5, 0.6) is 0 Å². The van der Waals surface area contributed by atoms with Crippen LogP contribution < -0.4 is 5.43 Å². The zero-order chi connectivity index (χ0) is 18.8. The molecule has 1 aromatic heterocycles. The minimum atomic E-state index is 0.0524. The first-order valence-electron chi connectivity index (χ1n) is 9.10. The molecule has 0 saturated heterocycles. The molecule has 0 atom stereocenters. The van der Waals surface area contributed by atoms with E-state index >= 15 is 0 Å². The van der Waals surface area contributed by atoms with E-state index in [0.717, 1.165) is 33.8 Å². The Morgan fingerprint density at radius 3 is 1.89 bits per heavy atom. The lowest BCUT2D eigenvalue weighted by Crippen LogP contribution is -2.15. The molecule has 1 heterocycles. The number of nitrogens with zero attached hydrogens (tertiary/aromatic N) is 1. The number of hydrogen-bond acceptors (Lipinski definition) is 1. The van der Waals surface area contributed by atoms with Crippen molar-refractivity contribution in [1.82, 2.24) is 4.57 Å². The van der Waals surface area contributed by atoms with Crippen LogP contribution >= 0.6 is 0 Å². The number of pyridine rings is 1. The second-order valence-electron chi connectivity index (χ2n) is 6.77. The van der Waals surface area contributed by atoms with Gasteiger partial charge in [-0.15, -0.1) is 0 Å². The summed E-state index contributed by atoms with van der Waals surface area (Å²) in [5.74, 6) is 0. The summed E-state index contributed by atoms with van der Waals surface area (Å²) < 4.78 is 2.19. The Kier molecular flexibility index (Phi) is 4.47. The van der Waals surface area contributed by atoms with Crippen molar-refractivity contribution in [1.29, 1.82) is 0 Å². The second-order valence-corrected chi connectivity index (χ2v) is 6.77. The molecule has 0 amide bonds. The number of benzene rings is 3. The Morgan fingerprint density at radius 1 is 0.667 bits per heavy atom. The quantitative estimate of drug-likeness (QED) is 0.458. The normalized spacial score (nSPS) is 10.7. The summed E-state index contributed by atoms with van der Waals surface area (Å²) in [4.78, 5) is 12.8. The van der Waals surface area contributed by atoms with E-state index in [0.29, 0.717) is 0 Å². The molecule has 0 spiro atoms. The molecule has 0 aliphatic carbocycles. The Morgan fingerprint density at radius 2 is 1.26 bits per heavy atom. The highest BCUT2D eigenvalue weighted by atomic mass is 16.1. The van der Waals surface area contributed by atoms with E-state index in [2.05, 4.69) is 47.9 Å². The van der Waals surface area contributed by atoms with Crippen molar-refractivity contribution in [2.75, 3.05) is 0 Å². The largest absolute Gasteiger partial charge is 0.309 e. The Balaban J connectivity index is 2.12. The van der Waals surface area contributed by atoms with Gasteiger partial charge >= 0.3 is 0 Å². The van der Waals surface area contributed by atoms with Crippen LogP contribution in [0, 0.1) is 13.8 Å². The standard InChI is InChI=1S/C25H21NO/c1-18-13-15-21(16-14-18)25-19(2)24(27)17-23(20-9-5-3-6-10-20)26(25)22-11-7-4-8-12-22/h3-17H,1-2H3. The van der Waals surface area contributed by atoms with Crippen LogP contribution in [0.4, 0.5) is 0 Å². The summed E-state index contributed by atoms with van der Waals surface area (Å²) in [6.45, 7) is 3.98. The fourth-order valence-electron chi connectivity index (χ4n) is 3.43. The molecule has 2 heteroatoms. The summed E-state index contributed by atoms with van der Waals surface area (Å²) in [6, 6.07) is 30.4. The van der Waals surface area contributed by atoms with Gasteiger partial charge in [-0.25, -0.2) is 0 Å². The third-order valence-electron chi connectivity index (χ3n) is 4.87. The molecule has 0 N–H and O–H groups in total. The molecule has 0 saturated carbocycles. The minimum absolute atomic E-state index is 0.0524. The predicted molar refractivity (Wildman–Crippen MR) is 112 cm³/mol. The number of aromatic nitrogens is 1. The Hall–Kier alpha value is -3.39. The predicted octanol–water partition coefficient (Wildman–Crippen LogP) is 5.79. The van der Waals surface area contributed by atoms with Gasteiger partial charge < -0.3 is 4.57 Å². The minimum Gasteiger partial charge on any atom is -0.309 e.